The molecule has 2 spiro atoms. The Kier molecular flexibility index (Phi) is 7.80. The molecule has 7 fully saturated rings. The molecule has 0 aromatic carbocycles. The Morgan fingerprint density at radius 2 is 1.55 bits per heavy atom. The van der Waals surface area contributed by atoms with Crippen molar-refractivity contribution in [3.8, 4) is 0 Å². The first kappa shape index (κ1) is 34.6. The first-order chi connectivity index (χ1) is 21.7. The molecule has 7 aliphatic rings. The largest absolute Gasteiger partial charge is 0.454 e. The number of ether oxygens (including phenoxy) is 4. The van der Waals surface area contributed by atoms with Gasteiger partial charge in [-0.2, -0.15) is 0 Å². The molecule has 268 valence electrons. The van der Waals surface area contributed by atoms with Gasteiger partial charge in [-0.1, -0.05) is 27.7 Å². The van der Waals surface area contributed by atoms with Crippen LogP contribution in [0.5, 0.6) is 0 Å². The van der Waals surface area contributed by atoms with Crippen molar-refractivity contribution < 1.29 is 49.3 Å². The van der Waals surface area contributed by atoms with Crippen LogP contribution in [0, 0.1) is 44.8 Å². The Bertz CT molecular complexity index is 1270. The zero-order valence-corrected chi connectivity index (χ0v) is 29.7. The minimum atomic E-state index is -1.32. The third-order valence-corrected chi connectivity index (χ3v) is 15.8. The van der Waals surface area contributed by atoms with Gasteiger partial charge in [0.2, 0.25) is 0 Å². The molecule has 0 aromatic rings. The quantitative estimate of drug-likeness (QED) is 0.218. The van der Waals surface area contributed by atoms with Crippen LogP contribution >= 0.6 is 0 Å². The minimum Gasteiger partial charge on any atom is -0.454 e. The number of fused-ring (bicyclic) bond motifs is 2. The Morgan fingerprint density at radius 1 is 0.851 bits per heavy atom. The molecular formula is C37H60O10. The van der Waals surface area contributed by atoms with Gasteiger partial charge in [-0.3, -0.25) is 4.79 Å². The predicted octanol–water partition coefficient (Wildman–Crippen LogP) is 3.47. The van der Waals surface area contributed by atoms with E-state index in [0.29, 0.717) is 12.8 Å². The molecule has 2 heterocycles. The van der Waals surface area contributed by atoms with E-state index in [-0.39, 0.29) is 58.2 Å². The zero-order valence-electron chi connectivity index (χ0n) is 29.7. The van der Waals surface area contributed by atoms with Crippen molar-refractivity contribution in [3.63, 3.8) is 0 Å². The number of carbonyl (C=O) groups excluding carboxylic acids is 1. The van der Waals surface area contributed by atoms with Gasteiger partial charge in [0.25, 0.3) is 0 Å². The summed E-state index contributed by atoms with van der Waals surface area (Å²) in [5, 5.41) is 55.8. The lowest BCUT2D eigenvalue weighted by Gasteiger charge is -2.64. The molecule has 7 rings (SSSR count). The summed E-state index contributed by atoms with van der Waals surface area (Å²) in [6, 6.07) is 0. The van der Waals surface area contributed by atoms with Gasteiger partial charge in [0.1, 0.15) is 12.2 Å². The van der Waals surface area contributed by atoms with Gasteiger partial charge < -0.3 is 44.5 Å². The normalized spacial score (nSPS) is 56.6. The summed E-state index contributed by atoms with van der Waals surface area (Å²) in [4.78, 5) is 11.9. The van der Waals surface area contributed by atoms with E-state index >= 15 is 0 Å². The molecule has 2 saturated heterocycles. The zero-order chi connectivity index (χ0) is 34.3. The highest BCUT2D eigenvalue weighted by molar-refractivity contribution is 5.66. The average Bonchev–Trinajstić information content (AvgIpc) is 3.30. The molecular weight excluding hydrogens is 604 g/mol. The first-order valence-corrected chi connectivity index (χ1v) is 18.2. The van der Waals surface area contributed by atoms with Crippen LogP contribution in [0.2, 0.25) is 0 Å². The molecule has 0 unspecified atom stereocenters. The number of rotatable bonds is 5. The SMILES string of the molecule is CC(=O)O[C@H]1[C@H](O[C@H]2CC[C@]34C[C@]35CC[C@]3(C)[C@@H]([C@@]6(C)CC[C@@H](C(C)(C)O)O6)[C@@H](O)C[C@@]3(C)[C@@H]5C[C@H](O)[C@H]4C2(C)C)OC[C@@H](O)[C@@H]1O. The molecule has 10 nitrogen and oxygen atoms in total. The standard InChI is InChI=1S/C37H60O10/c1-19(38)45-27-26(42)22(41)17-44-30(27)46-24-10-12-37-18-36(37)14-13-33(6)29(35(8)11-9-25(47-35)32(4,5)43)21(40)16-34(33,7)23(36)15-20(39)28(37)31(24,2)3/h20-30,39-43H,9-18H2,1-8H3/t20-,21-,22+,23-,24-,25-,26-,27+,28-,29-,30-,33+,34-,35+,36-,37+/m0/s1. The number of hydrogen-bond acceptors (Lipinski definition) is 10. The Balaban J connectivity index is 1.15. The molecule has 0 aromatic heterocycles. The Labute approximate surface area is 279 Å². The second-order valence-corrected chi connectivity index (χ2v) is 18.8. The molecule has 5 aliphatic carbocycles. The van der Waals surface area contributed by atoms with Gasteiger partial charge in [-0.25, -0.2) is 0 Å². The van der Waals surface area contributed by atoms with Crippen LogP contribution in [0.25, 0.3) is 0 Å². The van der Waals surface area contributed by atoms with Gasteiger partial charge in [-0.15, -0.1) is 0 Å². The van der Waals surface area contributed by atoms with Crippen molar-refractivity contribution in [2.45, 2.75) is 173 Å². The summed E-state index contributed by atoms with van der Waals surface area (Å²) in [6.07, 6.45) is 1.48. The minimum absolute atomic E-state index is 0.00501. The van der Waals surface area contributed by atoms with E-state index in [1.807, 2.05) is 13.8 Å². The lowest BCUT2D eigenvalue weighted by Crippen LogP contribution is -2.63. The van der Waals surface area contributed by atoms with Gasteiger partial charge in [-0.05, 0) is 117 Å². The number of hydrogen-bond donors (Lipinski definition) is 5. The van der Waals surface area contributed by atoms with Gasteiger partial charge in [0.05, 0.1) is 42.2 Å². The maximum absolute atomic E-state index is 12.2. The van der Waals surface area contributed by atoms with E-state index < -0.39 is 59.4 Å². The van der Waals surface area contributed by atoms with Crippen molar-refractivity contribution in [3.05, 3.63) is 0 Å². The fourth-order valence-corrected chi connectivity index (χ4v) is 13.7. The van der Waals surface area contributed by atoms with E-state index in [2.05, 4.69) is 34.6 Å². The monoisotopic (exact) mass is 664 g/mol. The van der Waals surface area contributed by atoms with Crippen molar-refractivity contribution in [2.75, 3.05) is 6.61 Å². The second-order valence-electron chi connectivity index (χ2n) is 18.8. The van der Waals surface area contributed by atoms with Crippen molar-refractivity contribution >= 4 is 5.97 Å². The van der Waals surface area contributed by atoms with Gasteiger partial charge >= 0.3 is 5.97 Å². The van der Waals surface area contributed by atoms with Crippen LogP contribution in [0.15, 0.2) is 0 Å². The third-order valence-electron chi connectivity index (χ3n) is 15.8. The van der Waals surface area contributed by atoms with Crippen LogP contribution in [0.1, 0.15) is 113 Å². The fraction of sp³-hybridized carbons (Fsp3) is 0.973. The highest BCUT2D eigenvalue weighted by Gasteiger charge is 2.85. The Morgan fingerprint density at radius 3 is 2.19 bits per heavy atom. The summed E-state index contributed by atoms with van der Waals surface area (Å²) < 4.78 is 24.4. The van der Waals surface area contributed by atoms with Crippen LogP contribution < -0.4 is 0 Å². The van der Waals surface area contributed by atoms with E-state index in [1.54, 1.807) is 0 Å². The summed E-state index contributed by atoms with van der Waals surface area (Å²) in [7, 11) is 0. The molecule has 10 heteroatoms. The number of esters is 1. The summed E-state index contributed by atoms with van der Waals surface area (Å²) in [6.45, 7) is 16.0. The average molecular weight is 665 g/mol. The van der Waals surface area contributed by atoms with E-state index in [1.165, 1.54) is 6.92 Å². The molecule has 47 heavy (non-hydrogen) atoms. The summed E-state index contributed by atoms with van der Waals surface area (Å²) in [5.41, 5.74) is -2.18. The van der Waals surface area contributed by atoms with Gasteiger partial charge in [0.15, 0.2) is 12.4 Å². The predicted molar refractivity (Wildman–Crippen MR) is 171 cm³/mol. The maximum Gasteiger partial charge on any atom is 0.303 e. The number of aliphatic hydroxyl groups excluding tert-OH is 4. The van der Waals surface area contributed by atoms with E-state index in [9.17, 15) is 30.3 Å². The van der Waals surface area contributed by atoms with E-state index in [0.717, 1.165) is 44.9 Å². The smallest absolute Gasteiger partial charge is 0.303 e. The highest BCUT2D eigenvalue weighted by Crippen LogP contribution is 2.89. The molecule has 5 N–H and O–H groups in total. The van der Waals surface area contributed by atoms with Crippen molar-refractivity contribution in [1.29, 1.82) is 0 Å². The molecule has 0 amide bonds. The number of aliphatic hydroxyl groups is 5. The van der Waals surface area contributed by atoms with Crippen LogP contribution in [-0.4, -0.2) is 98.3 Å². The Hall–Kier alpha value is -0.850. The molecule has 0 radical (unpaired) electrons. The molecule has 16 atom stereocenters. The summed E-state index contributed by atoms with van der Waals surface area (Å²) in [5.74, 6) is -0.368. The highest BCUT2D eigenvalue weighted by atomic mass is 16.7. The van der Waals surface area contributed by atoms with Crippen LogP contribution in [0.4, 0.5) is 0 Å². The maximum atomic E-state index is 12.2. The molecule has 0 bridgehead atoms. The van der Waals surface area contributed by atoms with Crippen molar-refractivity contribution in [2.24, 2.45) is 44.8 Å². The fourth-order valence-electron chi connectivity index (χ4n) is 13.7. The lowest BCUT2D eigenvalue weighted by molar-refractivity contribution is -0.309. The molecule has 2 aliphatic heterocycles. The lowest BCUT2D eigenvalue weighted by atomic mass is 9.41. The van der Waals surface area contributed by atoms with E-state index in [4.69, 9.17) is 18.9 Å². The van der Waals surface area contributed by atoms with Crippen LogP contribution in [-0.2, 0) is 23.7 Å². The van der Waals surface area contributed by atoms with Crippen LogP contribution in [0.3, 0.4) is 0 Å². The topological polar surface area (TPSA) is 155 Å². The third kappa shape index (κ3) is 4.60. The van der Waals surface area contributed by atoms with Crippen molar-refractivity contribution in [1.82, 2.24) is 0 Å². The first-order valence-electron chi connectivity index (χ1n) is 18.2. The second kappa shape index (κ2) is 10.6. The van der Waals surface area contributed by atoms with Gasteiger partial charge in [0, 0.05) is 12.8 Å². The summed E-state index contributed by atoms with van der Waals surface area (Å²) >= 11 is 0. The number of carbonyl (C=O) groups is 1. The molecule has 5 saturated carbocycles.